The highest BCUT2D eigenvalue weighted by Gasteiger charge is 2.19. The number of alkyl halides is 3. The number of halogens is 3. The predicted molar refractivity (Wildman–Crippen MR) is 60.3 cm³/mol. The third kappa shape index (κ3) is 2.78. The SMILES string of the molecule is COc1cc(C(F)F)ccc1C(Br)C(C)=O. The van der Waals surface area contributed by atoms with E-state index in [1.54, 1.807) is 0 Å². The van der Waals surface area contributed by atoms with Gasteiger partial charge in [-0.1, -0.05) is 28.1 Å². The molecular weight excluding hydrogens is 282 g/mol. The third-order valence-electron chi connectivity index (χ3n) is 2.14. The molecule has 0 saturated heterocycles. The summed E-state index contributed by atoms with van der Waals surface area (Å²) in [5.74, 6) is 0.179. The number of hydrogen-bond donors (Lipinski definition) is 0. The summed E-state index contributed by atoms with van der Waals surface area (Å²) in [7, 11) is 1.38. The van der Waals surface area contributed by atoms with Gasteiger partial charge in [0.15, 0.2) is 0 Å². The summed E-state index contributed by atoms with van der Waals surface area (Å²) in [5.41, 5.74) is 0.434. The van der Waals surface area contributed by atoms with Gasteiger partial charge in [-0.15, -0.1) is 0 Å². The smallest absolute Gasteiger partial charge is 0.263 e. The molecule has 88 valence electrons. The second kappa shape index (κ2) is 5.39. The molecule has 0 aliphatic heterocycles. The zero-order chi connectivity index (χ0) is 12.3. The van der Waals surface area contributed by atoms with Gasteiger partial charge >= 0.3 is 0 Å². The van der Waals surface area contributed by atoms with E-state index in [1.165, 1.54) is 32.2 Å². The van der Waals surface area contributed by atoms with Crippen molar-refractivity contribution in [3.05, 3.63) is 29.3 Å². The molecule has 1 aromatic carbocycles. The highest BCUT2D eigenvalue weighted by atomic mass is 79.9. The molecule has 0 radical (unpaired) electrons. The summed E-state index contributed by atoms with van der Waals surface area (Å²) in [6.07, 6.45) is -2.55. The number of rotatable bonds is 4. The molecule has 0 aliphatic carbocycles. The van der Waals surface area contributed by atoms with Crippen molar-refractivity contribution in [2.75, 3.05) is 7.11 Å². The normalized spacial score (nSPS) is 12.6. The first-order valence-corrected chi connectivity index (χ1v) is 5.49. The lowest BCUT2D eigenvalue weighted by Crippen LogP contribution is -2.04. The zero-order valence-corrected chi connectivity index (χ0v) is 10.4. The zero-order valence-electron chi connectivity index (χ0n) is 8.84. The Bertz CT molecular complexity index is 394. The average Bonchev–Trinajstić information content (AvgIpc) is 2.26. The van der Waals surface area contributed by atoms with Crippen LogP contribution in [0.15, 0.2) is 18.2 Å². The van der Waals surface area contributed by atoms with Gasteiger partial charge in [-0.05, 0) is 13.0 Å². The lowest BCUT2D eigenvalue weighted by molar-refractivity contribution is -0.116. The van der Waals surface area contributed by atoms with E-state index in [2.05, 4.69) is 15.9 Å². The lowest BCUT2D eigenvalue weighted by Gasteiger charge is -2.13. The molecular formula is C11H11BrF2O2. The summed E-state index contributed by atoms with van der Waals surface area (Å²) in [5, 5.41) is 0. The molecule has 0 N–H and O–H groups in total. The maximum atomic E-state index is 12.4. The number of ether oxygens (including phenoxy) is 1. The largest absolute Gasteiger partial charge is 0.496 e. The Kier molecular flexibility index (Phi) is 4.41. The summed E-state index contributed by atoms with van der Waals surface area (Å²) in [4.78, 5) is 10.6. The van der Waals surface area contributed by atoms with E-state index in [1.807, 2.05) is 0 Å². The maximum absolute atomic E-state index is 12.4. The highest BCUT2D eigenvalue weighted by molar-refractivity contribution is 9.09. The Labute approximate surface area is 101 Å². The predicted octanol–water partition coefficient (Wildman–Crippen LogP) is 3.66. The van der Waals surface area contributed by atoms with Gasteiger partial charge < -0.3 is 4.74 Å². The van der Waals surface area contributed by atoms with Crippen molar-refractivity contribution >= 4 is 21.7 Å². The summed E-state index contributed by atoms with van der Waals surface area (Å²) in [6.45, 7) is 1.42. The molecule has 0 aromatic heterocycles. The van der Waals surface area contributed by atoms with Gasteiger partial charge in [0.1, 0.15) is 16.4 Å². The van der Waals surface area contributed by atoms with Crippen molar-refractivity contribution in [3.63, 3.8) is 0 Å². The number of Topliss-reactive ketones (excluding diaryl/α,β-unsaturated/α-hetero) is 1. The molecule has 0 bridgehead atoms. The van der Waals surface area contributed by atoms with Crippen LogP contribution in [-0.2, 0) is 4.79 Å². The van der Waals surface area contributed by atoms with E-state index < -0.39 is 11.3 Å². The van der Waals surface area contributed by atoms with Gasteiger partial charge in [0.2, 0.25) is 0 Å². The van der Waals surface area contributed by atoms with Gasteiger partial charge in [-0.25, -0.2) is 8.78 Å². The number of hydrogen-bond acceptors (Lipinski definition) is 2. The van der Waals surface area contributed by atoms with Crippen molar-refractivity contribution in [2.24, 2.45) is 0 Å². The number of methoxy groups -OCH3 is 1. The first-order valence-electron chi connectivity index (χ1n) is 4.58. The van der Waals surface area contributed by atoms with E-state index in [4.69, 9.17) is 4.74 Å². The monoisotopic (exact) mass is 292 g/mol. The molecule has 5 heteroatoms. The first kappa shape index (κ1) is 13.1. The molecule has 1 atom stereocenters. The van der Waals surface area contributed by atoms with E-state index in [0.717, 1.165) is 0 Å². The van der Waals surface area contributed by atoms with Gasteiger partial charge in [0, 0.05) is 11.1 Å². The van der Waals surface area contributed by atoms with Crippen molar-refractivity contribution < 1.29 is 18.3 Å². The number of benzene rings is 1. The maximum Gasteiger partial charge on any atom is 0.263 e. The summed E-state index contributed by atoms with van der Waals surface area (Å²) >= 11 is 3.19. The van der Waals surface area contributed by atoms with E-state index in [-0.39, 0.29) is 17.1 Å². The topological polar surface area (TPSA) is 26.3 Å². The molecule has 0 spiro atoms. The fourth-order valence-electron chi connectivity index (χ4n) is 1.29. The average molecular weight is 293 g/mol. The van der Waals surface area contributed by atoms with Crippen LogP contribution in [0, 0.1) is 0 Å². The Morgan fingerprint density at radius 1 is 1.44 bits per heavy atom. The minimum Gasteiger partial charge on any atom is -0.496 e. The van der Waals surface area contributed by atoms with Crippen LogP contribution in [0.3, 0.4) is 0 Å². The van der Waals surface area contributed by atoms with Crippen molar-refractivity contribution in [1.82, 2.24) is 0 Å². The van der Waals surface area contributed by atoms with Crippen LogP contribution in [0.4, 0.5) is 8.78 Å². The summed E-state index contributed by atoms with van der Waals surface area (Å²) in [6, 6.07) is 4.01. The Morgan fingerprint density at radius 3 is 2.50 bits per heavy atom. The van der Waals surface area contributed by atoms with Crippen LogP contribution in [0.25, 0.3) is 0 Å². The molecule has 0 aliphatic rings. The summed E-state index contributed by atoms with van der Waals surface area (Å²) < 4.78 is 29.9. The quantitative estimate of drug-likeness (QED) is 0.792. The lowest BCUT2D eigenvalue weighted by atomic mass is 10.1. The standard InChI is InChI=1S/C11H11BrF2O2/c1-6(15)10(12)8-4-3-7(11(13)14)5-9(8)16-2/h3-5,10-11H,1-2H3. The Balaban J connectivity index is 3.16. The fourth-order valence-corrected chi connectivity index (χ4v) is 1.67. The Morgan fingerprint density at radius 2 is 2.06 bits per heavy atom. The van der Waals surface area contributed by atoms with Crippen molar-refractivity contribution in [2.45, 2.75) is 18.2 Å². The second-order valence-electron chi connectivity index (χ2n) is 3.28. The van der Waals surface area contributed by atoms with E-state index in [0.29, 0.717) is 5.56 Å². The minimum atomic E-state index is -2.55. The van der Waals surface area contributed by atoms with Crippen LogP contribution in [0.1, 0.15) is 29.3 Å². The van der Waals surface area contributed by atoms with E-state index in [9.17, 15) is 13.6 Å². The molecule has 0 heterocycles. The molecule has 1 rings (SSSR count). The van der Waals surface area contributed by atoms with Crippen LogP contribution < -0.4 is 4.74 Å². The van der Waals surface area contributed by atoms with Gasteiger partial charge in [0.25, 0.3) is 6.43 Å². The van der Waals surface area contributed by atoms with Gasteiger partial charge in [-0.2, -0.15) is 0 Å². The Hall–Kier alpha value is -0.970. The van der Waals surface area contributed by atoms with Gasteiger partial charge in [-0.3, -0.25) is 4.79 Å². The van der Waals surface area contributed by atoms with Crippen LogP contribution in [0.5, 0.6) is 5.75 Å². The molecule has 16 heavy (non-hydrogen) atoms. The second-order valence-corrected chi connectivity index (χ2v) is 4.19. The molecule has 0 amide bonds. The highest BCUT2D eigenvalue weighted by Crippen LogP contribution is 2.34. The molecule has 1 unspecified atom stereocenters. The van der Waals surface area contributed by atoms with Crippen molar-refractivity contribution in [3.8, 4) is 5.75 Å². The fraction of sp³-hybridized carbons (Fsp3) is 0.364. The van der Waals surface area contributed by atoms with Crippen LogP contribution in [0.2, 0.25) is 0 Å². The number of carbonyl (C=O) groups is 1. The molecule has 0 fully saturated rings. The number of ketones is 1. The number of carbonyl (C=O) groups excluding carboxylic acids is 1. The van der Waals surface area contributed by atoms with E-state index >= 15 is 0 Å². The molecule has 1 aromatic rings. The first-order chi connectivity index (χ1) is 7.47. The molecule has 0 saturated carbocycles. The minimum absolute atomic E-state index is 0.108. The van der Waals surface area contributed by atoms with Crippen molar-refractivity contribution in [1.29, 1.82) is 0 Å². The molecule has 2 nitrogen and oxygen atoms in total. The van der Waals surface area contributed by atoms with Gasteiger partial charge in [0.05, 0.1) is 7.11 Å². The van der Waals surface area contributed by atoms with Crippen LogP contribution in [-0.4, -0.2) is 12.9 Å². The third-order valence-corrected chi connectivity index (χ3v) is 3.28. The van der Waals surface area contributed by atoms with Crippen LogP contribution >= 0.6 is 15.9 Å².